The maximum Gasteiger partial charge on any atom is 0.313 e. The minimum Gasteiger partial charge on any atom is -0.481 e. The second-order valence-electron chi connectivity index (χ2n) is 4.75. The van der Waals surface area contributed by atoms with Crippen LogP contribution in [0.2, 0.25) is 0 Å². The van der Waals surface area contributed by atoms with E-state index >= 15 is 0 Å². The van der Waals surface area contributed by atoms with Crippen LogP contribution in [0.3, 0.4) is 0 Å². The molecule has 1 aromatic carbocycles. The predicted molar refractivity (Wildman–Crippen MR) is 77.9 cm³/mol. The first-order valence-electron chi connectivity index (χ1n) is 6.69. The van der Waals surface area contributed by atoms with Crippen molar-refractivity contribution in [3.05, 3.63) is 36.2 Å². The highest BCUT2D eigenvalue weighted by Gasteiger charge is 2.26. The van der Waals surface area contributed by atoms with Gasteiger partial charge in [0.1, 0.15) is 5.82 Å². The van der Waals surface area contributed by atoms with Gasteiger partial charge in [-0.05, 0) is 18.6 Å². The van der Waals surface area contributed by atoms with Crippen molar-refractivity contribution >= 4 is 17.7 Å². The van der Waals surface area contributed by atoms with Crippen molar-refractivity contribution in [2.24, 2.45) is 0 Å². The monoisotopic (exact) mass is 305 g/mol. The van der Waals surface area contributed by atoms with Crippen molar-refractivity contribution in [3.8, 4) is 5.69 Å². The summed E-state index contributed by atoms with van der Waals surface area (Å²) in [5.41, 5.74) is 0.942. The molecule has 21 heavy (non-hydrogen) atoms. The van der Waals surface area contributed by atoms with Gasteiger partial charge in [-0.25, -0.2) is 0 Å². The van der Waals surface area contributed by atoms with E-state index in [4.69, 9.17) is 9.84 Å². The number of carbonyl (C=O) groups is 1. The van der Waals surface area contributed by atoms with Gasteiger partial charge in [0.15, 0.2) is 5.16 Å². The fraction of sp³-hybridized carbons (Fsp3) is 0.357. The Bertz CT molecular complexity index is 624. The number of ether oxygens (including phenoxy) is 1. The number of hydrogen-bond donors (Lipinski definition) is 1. The molecular formula is C14H15N3O3S. The maximum absolute atomic E-state index is 10.8. The molecule has 0 radical (unpaired) electrons. The van der Waals surface area contributed by atoms with Gasteiger partial charge in [-0.3, -0.25) is 9.36 Å². The Hall–Kier alpha value is -1.86. The summed E-state index contributed by atoms with van der Waals surface area (Å²) in [4.78, 5) is 10.8. The number of rotatable bonds is 5. The maximum atomic E-state index is 10.8. The second kappa shape index (κ2) is 6.28. The van der Waals surface area contributed by atoms with Crippen LogP contribution in [-0.2, 0) is 9.53 Å². The molecule has 3 rings (SSSR count). The zero-order valence-corrected chi connectivity index (χ0v) is 12.1. The first-order chi connectivity index (χ1) is 10.3. The Kier molecular flexibility index (Phi) is 4.21. The molecule has 6 nitrogen and oxygen atoms in total. The third-order valence-electron chi connectivity index (χ3n) is 3.29. The van der Waals surface area contributed by atoms with Crippen LogP contribution in [0.5, 0.6) is 0 Å². The number of carboxylic acid groups (broad SMARTS) is 1. The molecule has 1 N–H and O–H groups in total. The van der Waals surface area contributed by atoms with Crippen LogP contribution < -0.4 is 0 Å². The first kappa shape index (κ1) is 14.1. The molecule has 7 heteroatoms. The molecule has 0 aliphatic carbocycles. The number of benzene rings is 1. The third kappa shape index (κ3) is 3.08. The fourth-order valence-corrected chi connectivity index (χ4v) is 3.00. The Balaban J connectivity index is 1.98. The van der Waals surface area contributed by atoms with Crippen molar-refractivity contribution in [1.29, 1.82) is 0 Å². The van der Waals surface area contributed by atoms with E-state index in [1.165, 1.54) is 11.8 Å². The molecule has 0 saturated carbocycles. The number of para-hydroxylation sites is 1. The van der Waals surface area contributed by atoms with Crippen LogP contribution in [-0.4, -0.2) is 44.8 Å². The minimum atomic E-state index is -0.867. The van der Waals surface area contributed by atoms with Gasteiger partial charge in [0.2, 0.25) is 0 Å². The molecule has 1 aliphatic rings. The molecule has 2 aromatic rings. The number of aliphatic carboxylic acids is 1. The summed E-state index contributed by atoms with van der Waals surface area (Å²) in [5, 5.41) is 17.9. The SMILES string of the molecule is O=C(O)CSc1nnc(C2CCOC2)n1-c1ccccc1. The van der Waals surface area contributed by atoms with E-state index in [2.05, 4.69) is 10.2 Å². The van der Waals surface area contributed by atoms with Crippen LogP contribution in [0.4, 0.5) is 0 Å². The van der Waals surface area contributed by atoms with Gasteiger partial charge in [-0.15, -0.1) is 10.2 Å². The van der Waals surface area contributed by atoms with E-state index in [-0.39, 0.29) is 11.7 Å². The molecule has 0 bridgehead atoms. The molecule has 1 aliphatic heterocycles. The van der Waals surface area contributed by atoms with Gasteiger partial charge >= 0.3 is 5.97 Å². The lowest BCUT2D eigenvalue weighted by Gasteiger charge is -2.12. The normalized spacial score (nSPS) is 18.0. The molecule has 1 saturated heterocycles. The molecule has 1 atom stereocenters. The van der Waals surface area contributed by atoms with Gasteiger partial charge in [0.25, 0.3) is 0 Å². The number of nitrogens with zero attached hydrogens (tertiary/aromatic N) is 3. The van der Waals surface area contributed by atoms with Crippen LogP contribution in [0.15, 0.2) is 35.5 Å². The number of carboxylic acids is 1. The standard InChI is InChI=1S/C14H15N3O3S/c18-12(19)9-21-14-16-15-13(10-6-7-20-8-10)17(14)11-4-2-1-3-5-11/h1-5,10H,6-9H2,(H,18,19). The Morgan fingerprint density at radius 2 is 2.19 bits per heavy atom. The minimum absolute atomic E-state index is 0.0356. The average molecular weight is 305 g/mol. The molecule has 2 heterocycles. The zero-order chi connectivity index (χ0) is 14.7. The van der Waals surface area contributed by atoms with Crippen molar-refractivity contribution in [3.63, 3.8) is 0 Å². The zero-order valence-electron chi connectivity index (χ0n) is 11.3. The summed E-state index contributed by atoms with van der Waals surface area (Å²) in [5.74, 6) is 0.142. The first-order valence-corrected chi connectivity index (χ1v) is 7.67. The summed E-state index contributed by atoms with van der Waals surface area (Å²) in [6, 6.07) is 9.75. The lowest BCUT2D eigenvalue weighted by Crippen LogP contribution is -2.09. The topological polar surface area (TPSA) is 77.2 Å². The molecule has 0 amide bonds. The van der Waals surface area contributed by atoms with Gasteiger partial charge in [-0.1, -0.05) is 30.0 Å². The predicted octanol–water partition coefficient (Wildman–Crippen LogP) is 1.95. The molecule has 1 fully saturated rings. The lowest BCUT2D eigenvalue weighted by atomic mass is 10.1. The molecule has 1 unspecified atom stereocenters. The summed E-state index contributed by atoms with van der Waals surface area (Å²) in [6.45, 7) is 1.36. The lowest BCUT2D eigenvalue weighted by molar-refractivity contribution is -0.133. The van der Waals surface area contributed by atoms with E-state index in [1.54, 1.807) is 0 Å². The average Bonchev–Trinajstić information content (AvgIpc) is 3.15. The number of hydrogen-bond acceptors (Lipinski definition) is 5. The second-order valence-corrected chi connectivity index (χ2v) is 5.70. The fourth-order valence-electron chi connectivity index (χ4n) is 2.32. The van der Waals surface area contributed by atoms with E-state index in [1.807, 2.05) is 34.9 Å². The summed E-state index contributed by atoms with van der Waals surface area (Å²) < 4.78 is 7.37. The Labute approximate surface area is 126 Å². The Morgan fingerprint density at radius 1 is 1.38 bits per heavy atom. The molecule has 110 valence electrons. The highest BCUT2D eigenvalue weighted by molar-refractivity contribution is 7.99. The van der Waals surface area contributed by atoms with Gasteiger partial charge in [-0.2, -0.15) is 0 Å². The van der Waals surface area contributed by atoms with Crippen molar-refractivity contribution in [2.45, 2.75) is 17.5 Å². The molecule has 1 aromatic heterocycles. The van der Waals surface area contributed by atoms with E-state index in [0.717, 1.165) is 24.5 Å². The smallest absolute Gasteiger partial charge is 0.313 e. The van der Waals surface area contributed by atoms with Crippen molar-refractivity contribution < 1.29 is 14.6 Å². The van der Waals surface area contributed by atoms with Crippen LogP contribution in [0, 0.1) is 0 Å². The highest BCUT2D eigenvalue weighted by Crippen LogP contribution is 2.29. The largest absolute Gasteiger partial charge is 0.481 e. The Morgan fingerprint density at radius 3 is 2.86 bits per heavy atom. The molecular weight excluding hydrogens is 290 g/mol. The summed E-state index contributed by atoms with van der Waals surface area (Å²) >= 11 is 1.18. The summed E-state index contributed by atoms with van der Waals surface area (Å²) in [7, 11) is 0. The van der Waals surface area contributed by atoms with Crippen molar-refractivity contribution in [1.82, 2.24) is 14.8 Å². The van der Waals surface area contributed by atoms with Crippen molar-refractivity contribution in [2.75, 3.05) is 19.0 Å². The van der Waals surface area contributed by atoms with E-state index in [9.17, 15) is 4.79 Å². The molecule has 0 spiro atoms. The van der Waals surface area contributed by atoms with Gasteiger partial charge < -0.3 is 9.84 Å². The van der Waals surface area contributed by atoms with Crippen LogP contribution >= 0.6 is 11.8 Å². The van der Waals surface area contributed by atoms with Crippen LogP contribution in [0.1, 0.15) is 18.2 Å². The number of aromatic nitrogens is 3. The van der Waals surface area contributed by atoms with Gasteiger partial charge in [0, 0.05) is 18.2 Å². The number of thioether (sulfide) groups is 1. The third-order valence-corrected chi connectivity index (χ3v) is 4.21. The highest BCUT2D eigenvalue weighted by atomic mass is 32.2. The van der Waals surface area contributed by atoms with E-state index in [0.29, 0.717) is 11.8 Å². The van der Waals surface area contributed by atoms with E-state index < -0.39 is 5.97 Å². The van der Waals surface area contributed by atoms with Gasteiger partial charge in [0.05, 0.1) is 12.4 Å². The quantitative estimate of drug-likeness (QED) is 0.851. The van der Waals surface area contributed by atoms with Crippen LogP contribution in [0.25, 0.3) is 5.69 Å². The summed E-state index contributed by atoms with van der Waals surface area (Å²) in [6.07, 6.45) is 0.911.